The molecule has 4 nitrogen and oxygen atoms in total. The highest BCUT2D eigenvalue weighted by Gasteiger charge is 2.23. The van der Waals surface area contributed by atoms with Gasteiger partial charge in [-0.25, -0.2) is 0 Å². The highest BCUT2D eigenvalue weighted by Crippen LogP contribution is 2.14. The van der Waals surface area contributed by atoms with Gasteiger partial charge in [0.25, 0.3) is 0 Å². The van der Waals surface area contributed by atoms with E-state index in [2.05, 4.69) is 11.4 Å². The Bertz CT molecular complexity index is 440. The van der Waals surface area contributed by atoms with E-state index < -0.39 is 0 Å². The van der Waals surface area contributed by atoms with Crippen LogP contribution in [0.2, 0.25) is 0 Å². The Balaban J connectivity index is 2.81. The first-order valence-electron chi connectivity index (χ1n) is 5.80. The SMILES string of the molecule is CCC(C)(C)NC(=O)C(C)n1cccc1C#N. The van der Waals surface area contributed by atoms with E-state index >= 15 is 0 Å². The third-order valence-corrected chi connectivity index (χ3v) is 3.04. The lowest BCUT2D eigenvalue weighted by atomic mass is 10.0. The summed E-state index contributed by atoms with van der Waals surface area (Å²) in [6.45, 7) is 7.79. The van der Waals surface area contributed by atoms with Gasteiger partial charge in [-0.2, -0.15) is 5.26 Å². The lowest BCUT2D eigenvalue weighted by Gasteiger charge is -2.27. The van der Waals surface area contributed by atoms with Gasteiger partial charge in [-0.15, -0.1) is 0 Å². The second-order valence-corrected chi connectivity index (χ2v) is 4.82. The van der Waals surface area contributed by atoms with Gasteiger partial charge in [0.1, 0.15) is 17.8 Å². The van der Waals surface area contributed by atoms with Crippen molar-refractivity contribution in [3.8, 4) is 6.07 Å². The number of nitrogens with one attached hydrogen (secondary N) is 1. The van der Waals surface area contributed by atoms with Crippen molar-refractivity contribution in [2.75, 3.05) is 0 Å². The van der Waals surface area contributed by atoms with Crippen molar-refractivity contribution in [3.05, 3.63) is 24.0 Å². The Morgan fingerprint density at radius 3 is 2.82 bits per heavy atom. The van der Waals surface area contributed by atoms with E-state index in [1.807, 2.05) is 20.8 Å². The van der Waals surface area contributed by atoms with Crippen LogP contribution in [0.1, 0.15) is 45.9 Å². The normalized spacial score (nSPS) is 12.9. The fourth-order valence-corrected chi connectivity index (χ4v) is 1.48. The average molecular weight is 233 g/mol. The first-order valence-corrected chi connectivity index (χ1v) is 5.80. The third-order valence-electron chi connectivity index (χ3n) is 3.04. The van der Waals surface area contributed by atoms with Crippen molar-refractivity contribution in [1.29, 1.82) is 5.26 Å². The van der Waals surface area contributed by atoms with Crippen molar-refractivity contribution >= 4 is 5.91 Å². The fourth-order valence-electron chi connectivity index (χ4n) is 1.48. The number of aromatic nitrogens is 1. The van der Waals surface area contributed by atoms with Crippen molar-refractivity contribution < 1.29 is 4.79 Å². The molecule has 0 bridgehead atoms. The Labute approximate surface area is 102 Å². The maximum Gasteiger partial charge on any atom is 0.243 e. The molecule has 17 heavy (non-hydrogen) atoms. The standard InChI is InChI=1S/C13H19N3O/c1-5-13(3,4)15-12(17)10(2)16-8-6-7-11(16)9-14/h6-8,10H,5H2,1-4H3,(H,15,17). The molecule has 92 valence electrons. The predicted molar refractivity (Wildman–Crippen MR) is 66.4 cm³/mol. The number of carbonyl (C=O) groups excluding carboxylic acids is 1. The molecule has 0 aliphatic carbocycles. The van der Waals surface area contributed by atoms with Crippen LogP contribution in [0.5, 0.6) is 0 Å². The van der Waals surface area contributed by atoms with Crippen molar-refractivity contribution in [2.24, 2.45) is 0 Å². The Kier molecular flexibility index (Phi) is 3.95. The average Bonchev–Trinajstić information content (AvgIpc) is 2.75. The molecule has 4 heteroatoms. The molecule has 0 saturated heterocycles. The maximum absolute atomic E-state index is 12.0. The van der Waals surface area contributed by atoms with E-state index in [4.69, 9.17) is 5.26 Å². The number of nitriles is 1. The molecule has 0 aliphatic heterocycles. The van der Waals surface area contributed by atoms with Crippen molar-refractivity contribution in [3.63, 3.8) is 0 Å². The van der Waals surface area contributed by atoms with Crippen LogP contribution in [0.3, 0.4) is 0 Å². The first kappa shape index (κ1) is 13.3. The molecule has 0 aliphatic rings. The zero-order valence-electron chi connectivity index (χ0n) is 10.8. The molecule has 1 heterocycles. The van der Waals surface area contributed by atoms with Gasteiger partial charge < -0.3 is 9.88 Å². The van der Waals surface area contributed by atoms with Gasteiger partial charge in [-0.3, -0.25) is 4.79 Å². The first-order chi connectivity index (χ1) is 7.91. The molecule has 0 aromatic carbocycles. The molecule has 1 aromatic heterocycles. The zero-order valence-corrected chi connectivity index (χ0v) is 10.8. The van der Waals surface area contributed by atoms with Crippen LogP contribution < -0.4 is 5.32 Å². The summed E-state index contributed by atoms with van der Waals surface area (Å²) < 4.78 is 1.68. The van der Waals surface area contributed by atoms with E-state index in [1.54, 1.807) is 29.8 Å². The van der Waals surface area contributed by atoms with Gasteiger partial charge in [0, 0.05) is 11.7 Å². The summed E-state index contributed by atoms with van der Waals surface area (Å²) in [6.07, 6.45) is 2.62. The smallest absolute Gasteiger partial charge is 0.243 e. The van der Waals surface area contributed by atoms with Crippen LogP contribution in [-0.4, -0.2) is 16.0 Å². The molecule has 0 spiro atoms. The van der Waals surface area contributed by atoms with Crippen LogP contribution in [0.25, 0.3) is 0 Å². The van der Waals surface area contributed by atoms with E-state index in [9.17, 15) is 4.79 Å². The summed E-state index contributed by atoms with van der Waals surface area (Å²) in [6, 6.07) is 5.18. The van der Waals surface area contributed by atoms with Gasteiger partial charge in [0.2, 0.25) is 5.91 Å². The molecule has 1 aromatic rings. The largest absolute Gasteiger partial charge is 0.349 e. The second kappa shape index (κ2) is 5.05. The number of hydrogen-bond acceptors (Lipinski definition) is 2. The number of carbonyl (C=O) groups is 1. The Hall–Kier alpha value is -1.76. The number of hydrogen-bond donors (Lipinski definition) is 1. The van der Waals surface area contributed by atoms with Crippen molar-refractivity contribution in [2.45, 2.75) is 45.7 Å². The molecule has 1 N–H and O–H groups in total. The number of nitrogens with zero attached hydrogens (tertiary/aromatic N) is 2. The van der Waals surface area contributed by atoms with E-state index in [0.717, 1.165) is 6.42 Å². The highest BCUT2D eigenvalue weighted by molar-refractivity contribution is 5.80. The summed E-state index contributed by atoms with van der Waals surface area (Å²) in [5.74, 6) is -0.0652. The fraction of sp³-hybridized carbons (Fsp3) is 0.538. The molecule has 0 saturated carbocycles. The quantitative estimate of drug-likeness (QED) is 0.867. The van der Waals surface area contributed by atoms with Gasteiger partial charge in [-0.1, -0.05) is 6.92 Å². The Morgan fingerprint density at radius 2 is 2.29 bits per heavy atom. The van der Waals surface area contributed by atoms with Crippen LogP contribution in [0.4, 0.5) is 0 Å². The summed E-state index contributed by atoms with van der Waals surface area (Å²) in [4.78, 5) is 12.0. The van der Waals surface area contributed by atoms with Crippen LogP contribution in [0, 0.1) is 11.3 Å². The molecule has 1 amide bonds. The third kappa shape index (κ3) is 3.10. The molecule has 1 atom stereocenters. The van der Waals surface area contributed by atoms with Crippen molar-refractivity contribution in [1.82, 2.24) is 9.88 Å². The maximum atomic E-state index is 12.0. The van der Waals surface area contributed by atoms with E-state index in [0.29, 0.717) is 5.69 Å². The molecular weight excluding hydrogens is 214 g/mol. The Morgan fingerprint density at radius 1 is 1.65 bits per heavy atom. The number of rotatable bonds is 4. The van der Waals surface area contributed by atoms with Gasteiger partial charge >= 0.3 is 0 Å². The van der Waals surface area contributed by atoms with Gasteiger partial charge in [0.05, 0.1) is 0 Å². The monoisotopic (exact) mass is 233 g/mol. The topological polar surface area (TPSA) is 57.8 Å². The molecule has 0 radical (unpaired) electrons. The van der Waals surface area contributed by atoms with E-state index in [-0.39, 0.29) is 17.5 Å². The number of amides is 1. The van der Waals surface area contributed by atoms with Crippen LogP contribution in [-0.2, 0) is 4.79 Å². The summed E-state index contributed by atoms with van der Waals surface area (Å²) in [7, 11) is 0. The molecule has 1 unspecified atom stereocenters. The summed E-state index contributed by atoms with van der Waals surface area (Å²) >= 11 is 0. The van der Waals surface area contributed by atoms with E-state index in [1.165, 1.54) is 0 Å². The molecular formula is C13H19N3O. The van der Waals surface area contributed by atoms with Gasteiger partial charge in [-0.05, 0) is 39.3 Å². The molecule has 0 fully saturated rings. The summed E-state index contributed by atoms with van der Waals surface area (Å²) in [5, 5.41) is 11.9. The minimum atomic E-state index is -0.370. The molecule has 1 rings (SSSR count). The summed E-state index contributed by atoms with van der Waals surface area (Å²) in [5.41, 5.74) is 0.285. The van der Waals surface area contributed by atoms with Crippen LogP contribution >= 0.6 is 0 Å². The van der Waals surface area contributed by atoms with Crippen LogP contribution in [0.15, 0.2) is 18.3 Å². The minimum absolute atomic E-state index is 0.0652. The van der Waals surface area contributed by atoms with Gasteiger partial charge in [0.15, 0.2) is 0 Å². The predicted octanol–water partition coefficient (Wildman–Crippen LogP) is 2.23. The second-order valence-electron chi connectivity index (χ2n) is 4.82. The highest BCUT2D eigenvalue weighted by atomic mass is 16.2. The lowest BCUT2D eigenvalue weighted by Crippen LogP contribution is -2.45. The lowest BCUT2D eigenvalue weighted by molar-refractivity contribution is -0.125. The zero-order chi connectivity index (χ0) is 13.1. The minimum Gasteiger partial charge on any atom is -0.349 e.